The number of ether oxygens (including phenoxy) is 2. The molecule has 0 amide bonds. The summed E-state index contributed by atoms with van der Waals surface area (Å²) in [4.78, 5) is 8.82. The summed E-state index contributed by atoms with van der Waals surface area (Å²) in [5, 5.41) is 10.0. The summed E-state index contributed by atoms with van der Waals surface area (Å²) in [5.74, 6) is 2.67. The molecule has 8 heteroatoms. The number of halogens is 1. The standard InChI is InChI=1S/C21H30N4O2S.HI/c1-5-26-18-10-16-9-15(3)27-19(16)11-17(18)12-24-21(22-4)23-8-6-7-20-25-14(2)13-28-20;/h10-11,13,15H,5-9,12H2,1-4H3,(H2,22,23,24);1H. The largest absolute Gasteiger partial charge is 0.494 e. The van der Waals surface area contributed by atoms with Crippen molar-refractivity contribution in [2.45, 2.75) is 52.7 Å². The van der Waals surface area contributed by atoms with Crippen molar-refractivity contribution in [3.63, 3.8) is 0 Å². The van der Waals surface area contributed by atoms with Crippen molar-refractivity contribution in [3.8, 4) is 11.5 Å². The maximum atomic E-state index is 5.90. The number of nitrogens with zero attached hydrogens (tertiary/aromatic N) is 2. The molecule has 1 aliphatic heterocycles. The third kappa shape index (κ3) is 6.74. The molecule has 0 saturated heterocycles. The smallest absolute Gasteiger partial charge is 0.191 e. The van der Waals surface area contributed by atoms with Gasteiger partial charge in [0, 0.05) is 55.2 Å². The van der Waals surface area contributed by atoms with E-state index in [0.717, 1.165) is 54.5 Å². The van der Waals surface area contributed by atoms with Gasteiger partial charge in [-0.1, -0.05) is 0 Å². The molecule has 0 fully saturated rings. The molecule has 0 saturated carbocycles. The normalized spacial score (nSPS) is 15.3. The molecule has 29 heavy (non-hydrogen) atoms. The summed E-state index contributed by atoms with van der Waals surface area (Å²) < 4.78 is 11.8. The number of aliphatic imine (C=N–C) groups is 1. The number of aryl methyl sites for hydroxylation is 2. The highest BCUT2D eigenvalue weighted by atomic mass is 127. The highest BCUT2D eigenvalue weighted by Crippen LogP contribution is 2.35. The second-order valence-electron chi connectivity index (χ2n) is 6.97. The summed E-state index contributed by atoms with van der Waals surface area (Å²) >= 11 is 1.73. The van der Waals surface area contributed by atoms with E-state index < -0.39 is 0 Å². The summed E-state index contributed by atoms with van der Waals surface area (Å²) in [6, 6.07) is 4.21. The molecule has 0 bridgehead atoms. The average molecular weight is 530 g/mol. The maximum Gasteiger partial charge on any atom is 0.191 e. The van der Waals surface area contributed by atoms with Crippen molar-refractivity contribution in [2.24, 2.45) is 4.99 Å². The number of thiazole rings is 1. The third-order valence-electron chi connectivity index (χ3n) is 4.58. The predicted molar refractivity (Wildman–Crippen MR) is 130 cm³/mol. The van der Waals surface area contributed by atoms with Crippen LogP contribution in [0.3, 0.4) is 0 Å². The molecule has 2 aromatic rings. The Balaban J connectivity index is 0.00000300. The number of aromatic nitrogens is 1. The molecule has 1 atom stereocenters. The number of benzene rings is 1. The van der Waals surface area contributed by atoms with Crippen LogP contribution in [0.4, 0.5) is 0 Å². The Morgan fingerprint density at radius 2 is 2.21 bits per heavy atom. The number of fused-ring (bicyclic) bond motifs is 1. The summed E-state index contributed by atoms with van der Waals surface area (Å²) in [6.07, 6.45) is 3.16. The number of guanidine groups is 1. The molecule has 3 rings (SSSR count). The topological polar surface area (TPSA) is 67.8 Å². The van der Waals surface area contributed by atoms with Gasteiger partial charge in [-0.15, -0.1) is 35.3 Å². The Morgan fingerprint density at radius 3 is 2.90 bits per heavy atom. The highest BCUT2D eigenvalue weighted by molar-refractivity contribution is 14.0. The molecule has 0 radical (unpaired) electrons. The van der Waals surface area contributed by atoms with E-state index in [-0.39, 0.29) is 30.1 Å². The minimum Gasteiger partial charge on any atom is -0.494 e. The zero-order valence-corrected chi connectivity index (χ0v) is 20.7. The average Bonchev–Trinajstić information content (AvgIpc) is 3.25. The van der Waals surface area contributed by atoms with Crippen molar-refractivity contribution in [1.29, 1.82) is 0 Å². The molecule has 1 aromatic heterocycles. The van der Waals surface area contributed by atoms with Gasteiger partial charge in [0.05, 0.1) is 11.6 Å². The van der Waals surface area contributed by atoms with Crippen LogP contribution in [0.5, 0.6) is 11.5 Å². The zero-order valence-electron chi connectivity index (χ0n) is 17.6. The molecule has 1 aromatic carbocycles. The fourth-order valence-corrected chi connectivity index (χ4v) is 4.09. The number of hydrogen-bond acceptors (Lipinski definition) is 5. The zero-order chi connectivity index (χ0) is 19.9. The predicted octanol–water partition coefficient (Wildman–Crippen LogP) is 4.09. The third-order valence-corrected chi connectivity index (χ3v) is 5.60. The lowest BCUT2D eigenvalue weighted by molar-refractivity contribution is 0.254. The quantitative estimate of drug-likeness (QED) is 0.233. The monoisotopic (exact) mass is 530 g/mol. The van der Waals surface area contributed by atoms with Crippen molar-refractivity contribution < 1.29 is 9.47 Å². The molecule has 160 valence electrons. The van der Waals surface area contributed by atoms with Gasteiger partial charge in [-0.25, -0.2) is 4.98 Å². The van der Waals surface area contributed by atoms with Crippen molar-refractivity contribution in [1.82, 2.24) is 15.6 Å². The van der Waals surface area contributed by atoms with Gasteiger partial charge in [-0.3, -0.25) is 4.99 Å². The number of hydrogen-bond donors (Lipinski definition) is 2. The Labute approximate surface area is 194 Å². The lowest BCUT2D eigenvalue weighted by Gasteiger charge is -2.15. The maximum absolute atomic E-state index is 5.90. The van der Waals surface area contributed by atoms with E-state index in [0.29, 0.717) is 13.2 Å². The first-order chi connectivity index (χ1) is 13.6. The molecule has 0 spiro atoms. The Hall–Kier alpha value is -1.55. The van der Waals surface area contributed by atoms with Crippen LogP contribution in [-0.2, 0) is 19.4 Å². The van der Waals surface area contributed by atoms with E-state index in [2.05, 4.69) is 45.0 Å². The van der Waals surface area contributed by atoms with Crippen LogP contribution in [0.1, 0.15) is 42.1 Å². The SMILES string of the molecule is CCOc1cc2c(cc1CNC(=NC)NCCCc1nc(C)cs1)OC(C)C2.I. The van der Waals surface area contributed by atoms with Gasteiger partial charge in [-0.2, -0.15) is 0 Å². The second kappa shape index (κ2) is 11.6. The molecule has 2 N–H and O–H groups in total. The first-order valence-electron chi connectivity index (χ1n) is 9.89. The molecule has 2 heterocycles. The highest BCUT2D eigenvalue weighted by Gasteiger charge is 2.21. The molecule has 6 nitrogen and oxygen atoms in total. The minimum atomic E-state index is 0. The van der Waals surface area contributed by atoms with E-state index in [1.165, 1.54) is 10.6 Å². The Morgan fingerprint density at radius 1 is 1.38 bits per heavy atom. The Kier molecular flexibility index (Phi) is 9.48. The van der Waals surface area contributed by atoms with E-state index in [4.69, 9.17) is 9.47 Å². The minimum absolute atomic E-state index is 0. The lowest BCUT2D eigenvalue weighted by atomic mass is 10.1. The van der Waals surface area contributed by atoms with Gasteiger partial charge in [0.1, 0.15) is 17.6 Å². The first-order valence-corrected chi connectivity index (χ1v) is 10.8. The fraction of sp³-hybridized carbons (Fsp3) is 0.524. The summed E-state index contributed by atoms with van der Waals surface area (Å²) in [6.45, 7) is 8.26. The van der Waals surface area contributed by atoms with Crippen LogP contribution in [-0.4, -0.2) is 37.2 Å². The second-order valence-corrected chi connectivity index (χ2v) is 7.91. The summed E-state index contributed by atoms with van der Waals surface area (Å²) in [7, 11) is 1.79. The van der Waals surface area contributed by atoms with Gasteiger partial charge >= 0.3 is 0 Å². The fourth-order valence-electron chi connectivity index (χ4n) is 3.27. The first kappa shape index (κ1) is 23.7. The van der Waals surface area contributed by atoms with Gasteiger partial charge in [0.15, 0.2) is 5.96 Å². The van der Waals surface area contributed by atoms with Gasteiger partial charge in [-0.05, 0) is 39.3 Å². The van der Waals surface area contributed by atoms with Crippen LogP contribution in [0.25, 0.3) is 0 Å². The van der Waals surface area contributed by atoms with Crippen LogP contribution >= 0.6 is 35.3 Å². The van der Waals surface area contributed by atoms with Crippen molar-refractivity contribution >= 4 is 41.3 Å². The van der Waals surface area contributed by atoms with Crippen molar-refractivity contribution in [2.75, 3.05) is 20.2 Å². The van der Waals surface area contributed by atoms with Gasteiger partial charge in [0.2, 0.25) is 0 Å². The Bertz CT molecular complexity index is 825. The van der Waals surface area contributed by atoms with Gasteiger partial charge in [0.25, 0.3) is 0 Å². The van der Waals surface area contributed by atoms with E-state index in [1.54, 1.807) is 18.4 Å². The molecule has 1 aliphatic rings. The van der Waals surface area contributed by atoms with E-state index in [9.17, 15) is 0 Å². The van der Waals surface area contributed by atoms with Crippen molar-refractivity contribution in [3.05, 3.63) is 39.3 Å². The van der Waals surface area contributed by atoms with Crippen LogP contribution in [0.2, 0.25) is 0 Å². The van der Waals surface area contributed by atoms with E-state index in [1.807, 2.05) is 13.8 Å². The number of rotatable bonds is 8. The molecule has 0 aliphatic carbocycles. The molecular formula is C21H31IN4O2S. The van der Waals surface area contributed by atoms with Gasteiger partial charge < -0.3 is 20.1 Å². The van der Waals surface area contributed by atoms with Crippen LogP contribution in [0.15, 0.2) is 22.5 Å². The van der Waals surface area contributed by atoms with Crippen LogP contribution in [0, 0.1) is 6.92 Å². The summed E-state index contributed by atoms with van der Waals surface area (Å²) in [5.41, 5.74) is 3.40. The molecular weight excluding hydrogens is 499 g/mol. The number of nitrogens with one attached hydrogen (secondary N) is 2. The van der Waals surface area contributed by atoms with E-state index >= 15 is 0 Å². The molecule has 1 unspecified atom stereocenters. The lowest BCUT2D eigenvalue weighted by Crippen LogP contribution is -2.37. The van der Waals surface area contributed by atoms with Crippen LogP contribution < -0.4 is 20.1 Å².